The van der Waals surface area contributed by atoms with Crippen molar-refractivity contribution in [3.63, 3.8) is 0 Å². The van der Waals surface area contributed by atoms with Gasteiger partial charge >= 0.3 is 0 Å². The number of amides is 1. The number of thiophene rings is 1. The van der Waals surface area contributed by atoms with E-state index in [1.165, 1.54) is 25.3 Å². The first-order chi connectivity index (χ1) is 13.3. The Kier molecular flexibility index (Phi) is 6.43. The lowest BCUT2D eigenvalue weighted by molar-refractivity contribution is 0.102. The van der Waals surface area contributed by atoms with Crippen molar-refractivity contribution in [2.45, 2.75) is 4.21 Å². The lowest BCUT2D eigenvalue weighted by Crippen LogP contribution is -2.15. The molecule has 0 spiro atoms. The van der Waals surface area contributed by atoms with Gasteiger partial charge < -0.3 is 10.1 Å². The maximum absolute atomic E-state index is 12.7. The number of anilines is 2. The lowest BCUT2D eigenvalue weighted by atomic mass is 10.1. The van der Waals surface area contributed by atoms with Crippen molar-refractivity contribution < 1.29 is 17.9 Å². The molecule has 28 heavy (non-hydrogen) atoms. The minimum atomic E-state index is -3.85. The number of ether oxygens (including phenoxy) is 1. The minimum Gasteiger partial charge on any atom is -0.495 e. The van der Waals surface area contributed by atoms with Crippen molar-refractivity contribution in [2.24, 2.45) is 0 Å². The molecule has 0 aliphatic carbocycles. The summed E-state index contributed by atoms with van der Waals surface area (Å²) < 4.78 is 34.6. The quantitative estimate of drug-likeness (QED) is 0.438. The van der Waals surface area contributed by atoms with Crippen LogP contribution in [0.4, 0.5) is 11.4 Å². The first-order valence-electron chi connectivity index (χ1n) is 7.82. The highest BCUT2D eigenvalue weighted by Gasteiger charge is 2.21. The molecule has 0 atom stereocenters. The molecule has 0 unspecified atom stereocenters. The standard InChI is InChI=1S/C18H14Br2N2O4S2/c1-26-15-8-7-11(18(23)21-12-5-3-2-4-6-12)9-14(15)22-28(24,25)16-10-13(19)17(20)27-16/h2-10,22H,1H3,(H,21,23). The lowest BCUT2D eigenvalue weighted by Gasteiger charge is -2.13. The van der Waals surface area contributed by atoms with E-state index >= 15 is 0 Å². The summed E-state index contributed by atoms with van der Waals surface area (Å²) in [5.74, 6) is -0.0644. The second kappa shape index (κ2) is 8.64. The van der Waals surface area contributed by atoms with E-state index in [4.69, 9.17) is 4.74 Å². The number of nitrogens with one attached hydrogen (secondary N) is 2. The molecular formula is C18H14Br2N2O4S2. The summed E-state index contributed by atoms with van der Waals surface area (Å²) in [6, 6.07) is 15.0. The van der Waals surface area contributed by atoms with E-state index in [1.807, 2.05) is 6.07 Å². The summed E-state index contributed by atoms with van der Waals surface area (Å²) >= 11 is 7.63. The highest BCUT2D eigenvalue weighted by Crippen LogP contribution is 2.36. The summed E-state index contributed by atoms with van der Waals surface area (Å²) in [7, 11) is -2.43. The molecule has 0 saturated carbocycles. The topological polar surface area (TPSA) is 84.5 Å². The molecule has 1 heterocycles. The molecule has 0 fully saturated rings. The second-order valence-electron chi connectivity index (χ2n) is 5.53. The molecule has 1 amide bonds. The van der Waals surface area contributed by atoms with Gasteiger partial charge in [-0.15, -0.1) is 11.3 Å². The molecule has 1 aromatic heterocycles. The molecular weight excluding hydrogens is 532 g/mol. The number of methoxy groups -OCH3 is 1. The van der Waals surface area contributed by atoms with E-state index in [1.54, 1.807) is 30.3 Å². The van der Waals surface area contributed by atoms with Gasteiger partial charge in [-0.2, -0.15) is 0 Å². The minimum absolute atomic E-state index is 0.118. The van der Waals surface area contributed by atoms with Crippen LogP contribution in [0.3, 0.4) is 0 Å². The third-order valence-corrected chi connectivity index (χ3v) is 8.72. The van der Waals surface area contributed by atoms with Gasteiger partial charge in [-0.25, -0.2) is 8.42 Å². The van der Waals surface area contributed by atoms with Crippen LogP contribution < -0.4 is 14.8 Å². The Balaban J connectivity index is 1.90. The fourth-order valence-corrected chi connectivity index (χ4v) is 6.19. The molecule has 10 heteroatoms. The third kappa shape index (κ3) is 4.75. The molecule has 146 valence electrons. The molecule has 0 radical (unpaired) electrons. The van der Waals surface area contributed by atoms with Gasteiger partial charge in [-0.1, -0.05) is 18.2 Å². The van der Waals surface area contributed by atoms with Crippen LogP contribution in [0.1, 0.15) is 10.4 Å². The number of rotatable bonds is 6. The van der Waals surface area contributed by atoms with Crippen molar-refractivity contribution in [1.29, 1.82) is 0 Å². The van der Waals surface area contributed by atoms with E-state index in [9.17, 15) is 13.2 Å². The number of carbonyl (C=O) groups is 1. The fourth-order valence-electron chi connectivity index (χ4n) is 2.31. The Bertz CT molecular complexity index is 1100. The molecule has 6 nitrogen and oxygen atoms in total. The molecule has 2 aromatic carbocycles. The van der Waals surface area contributed by atoms with Crippen LogP contribution in [0.15, 0.2) is 67.1 Å². The predicted octanol–water partition coefficient (Wildman–Crippen LogP) is 5.33. The van der Waals surface area contributed by atoms with Gasteiger partial charge in [0.1, 0.15) is 9.96 Å². The maximum Gasteiger partial charge on any atom is 0.271 e. The Morgan fingerprint density at radius 1 is 1.07 bits per heavy atom. The summed E-state index contributed by atoms with van der Waals surface area (Å²) in [4.78, 5) is 12.5. The highest BCUT2D eigenvalue weighted by molar-refractivity contribution is 9.13. The Labute approximate surface area is 183 Å². The SMILES string of the molecule is COc1ccc(C(=O)Nc2ccccc2)cc1NS(=O)(=O)c1cc(Br)c(Br)s1. The van der Waals surface area contributed by atoms with Crippen LogP contribution in [0, 0.1) is 0 Å². The van der Waals surface area contributed by atoms with Crippen LogP contribution in [0.5, 0.6) is 5.75 Å². The zero-order chi connectivity index (χ0) is 20.3. The summed E-state index contributed by atoms with van der Waals surface area (Å²) in [5.41, 5.74) is 1.10. The van der Waals surface area contributed by atoms with Gasteiger partial charge in [-0.05, 0) is 68.3 Å². The van der Waals surface area contributed by atoms with Crippen molar-refractivity contribution in [3.05, 3.63) is 68.4 Å². The largest absolute Gasteiger partial charge is 0.495 e. The number of para-hydroxylation sites is 1. The summed E-state index contributed by atoms with van der Waals surface area (Å²) in [5, 5.41) is 2.76. The number of benzene rings is 2. The predicted molar refractivity (Wildman–Crippen MR) is 118 cm³/mol. The number of carbonyl (C=O) groups excluding carboxylic acids is 1. The van der Waals surface area contributed by atoms with Crippen LogP contribution in [-0.4, -0.2) is 21.4 Å². The molecule has 0 saturated heterocycles. The first-order valence-corrected chi connectivity index (χ1v) is 11.7. The average molecular weight is 546 g/mol. The Morgan fingerprint density at radius 3 is 2.39 bits per heavy atom. The van der Waals surface area contributed by atoms with Crippen LogP contribution in [0.25, 0.3) is 0 Å². The van der Waals surface area contributed by atoms with Crippen molar-refractivity contribution in [1.82, 2.24) is 0 Å². The number of sulfonamides is 1. The van der Waals surface area contributed by atoms with Gasteiger partial charge in [0.2, 0.25) is 0 Å². The summed E-state index contributed by atoms with van der Waals surface area (Å²) in [6.07, 6.45) is 0. The van der Waals surface area contributed by atoms with Crippen LogP contribution >= 0.6 is 43.2 Å². The van der Waals surface area contributed by atoms with E-state index < -0.39 is 10.0 Å². The van der Waals surface area contributed by atoms with Gasteiger partial charge in [0.05, 0.1) is 16.6 Å². The van der Waals surface area contributed by atoms with Gasteiger partial charge in [0, 0.05) is 15.7 Å². The number of hydrogen-bond donors (Lipinski definition) is 2. The zero-order valence-electron chi connectivity index (χ0n) is 14.4. The van der Waals surface area contributed by atoms with Gasteiger partial charge in [0.15, 0.2) is 0 Å². The molecule has 3 aromatic rings. The Hall–Kier alpha value is -1.88. The van der Waals surface area contributed by atoms with Gasteiger partial charge in [0.25, 0.3) is 15.9 Å². The molecule has 2 N–H and O–H groups in total. The third-order valence-electron chi connectivity index (χ3n) is 3.63. The van der Waals surface area contributed by atoms with E-state index in [0.29, 0.717) is 19.7 Å². The first kappa shape index (κ1) is 20.8. The monoisotopic (exact) mass is 544 g/mol. The molecule has 0 aliphatic heterocycles. The fraction of sp³-hybridized carbons (Fsp3) is 0.0556. The second-order valence-corrected chi connectivity index (χ2v) is 10.7. The normalized spacial score (nSPS) is 11.1. The summed E-state index contributed by atoms with van der Waals surface area (Å²) in [6.45, 7) is 0. The number of halogens is 2. The molecule has 3 rings (SSSR count). The zero-order valence-corrected chi connectivity index (χ0v) is 19.2. The van der Waals surface area contributed by atoms with Crippen molar-refractivity contribution in [2.75, 3.05) is 17.1 Å². The highest BCUT2D eigenvalue weighted by atomic mass is 79.9. The van der Waals surface area contributed by atoms with Crippen molar-refractivity contribution >= 4 is 70.5 Å². The number of hydrogen-bond acceptors (Lipinski definition) is 5. The van der Waals surface area contributed by atoms with E-state index in [0.717, 1.165) is 11.3 Å². The smallest absolute Gasteiger partial charge is 0.271 e. The van der Waals surface area contributed by atoms with Crippen LogP contribution in [0.2, 0.25) is 0 Å². The molecule has 0 bridgehead atoms. The average Bonchev–Trinajstić information content (AvgIpc) is 3.02. The van der Waals surface area contributed by atoms with E-state index in [2.05, 4.69) is 41.9 Å². The van der Waals surface area contributed by atoms with Gasteiger partial charge in [-0.3, -0.25) is 9.52 Å². The van der Waals surface area contributed by atoms with E-state index in [-0.39, 0.29) is 21.4 Å². The van der Waals surface area contributed by atoms with Crippen LogP contribution in [-0.2, 0) is 10.0 Å². The van der Waals surface area contributed by atoms with Crippen molar-refractivity contribution in [3.8, 4) is 5.75 Å². The maximum atomic E-state index is 12.7. The molecule has 0 aliphatic rings. The Morgan fingerprint density at radius 2 is 1.79 bits per heavy atom.